The van der Waals surface area contributed by atoms with E-state index in [1.165, 1.54) is 0 Å². The van der Waals surface area contributed by atoms with Crippen molar-refractivity contribution in [3.8, 4) is 0 Å². The Labute approximate surface area is 149 Å². The first-order chi connectivity index (χ1) is 12.0. The number of pyridine rings is 1. The summed E-state index contributed by atoms with van der Waals surface area (Å²) in [5.41, 5.74) is 2.57. The van der Waals surface area contributed by atoms with E-state index in [-0.39, 0.29) is 11.9 Å². The van der Waals surface area contributed by atoms with Crippen LogP contribution in [0.5, 0.6) is 0 Å². The van der Waals surface area contributed by atoms with Crippen LogP contribution in [0, 0.1) is 0 Å². The van der Waals surface area contributed by atoms with E-state index >= 15 is 0 Å². The predicted molar refractivity (Wildman–Crippen MR) is 100 cm³/mol. The fraction of sp³-hybridized carbons (Fsp3) is 0.632. The fourth-order valence-corrected chi connectivity index (χ4v) is 3.15. The van der Waals surface area contributed by atoms with Gasteiger partial charge in [0.05, 0.1) is 17.1 Å². The molecular formula is C19H29N5O. The van der Waals surface area contributed by atoms with Gasteiger partial charge in [0.25, 0.3) is 5.91 Å². The number of nitrogens with zero attached hydrogens (tertiary/aromatic N) is 4. The largest absolute Gasteiger partial charge is 0.351 e. The molecule has 1 fully saturated rings. The molecule has 0 radical (unpaired) electrons. The highest BCUT2D eigenvalue weighted by Gasteiger charge is 2.28. The summed E-state index contributed by atoms with van der Waals surface area (Å²) in [5.74, 6) is 0.479. The molecule has 1 N–H and O–H groups in total. The molecule has 6 heteroatoms. The molecule has 2 heterocycles. The van der Waals surface area contributed by atoms with Crippen molar-refractivity contribution in [1.82, 2.24) is 25.0 Å². The summed E-state index contributed by atoms with van der Waals surface area (Å²) in [5, 5.41) is 8.38. The number of fused-ring (bicyclic) bond motifs is 1. The van der Waals surface area contributed by atoms with E-state index in [1.54, 1.807) is 6.20 Å². The minimum Gasteiger partial charge on any atom is -0.351 e. The quantitative estimate of drug-likeness (QED) is 0.800. The third kappa shape index (κ3) is 3.84. The van der Waals surface area contributed by atoms with E-state index in [4.69, 9.17) is 4.98 Å². The first-order valence-electron chi connectivity index (χ1n) is 9.43. The maximum Gasteiger partial charge on any atom is 0.252 e. The van der Waals surface area contributed by atoms with Crippen LogP contribution < -0.4 is 5.32 Å². The normalized spacial score (nSPS) is 14.6. The Morgan fingerprint density at radius 3 is 2.68 bits per heavy atom. The van der Waals surface area contributed by atoms with E-state index in [0.717, 1.165) is 49.2 Å². The number of aromatic nitrogens is 3. The van der Waals surface area contributed by atoms with Crippen LogP contribution >= 0.6 is 0 Å². The lowest BCUT2D eigenvalue weighted by atomic mass is 10.1. The van der Waals surface area contributed by atoms with Gasteiger partial charge >= 0.3 is 0 Å². The van der Waals surface area contributed by atoms with Crippen LogP contribution in [0.2, 0.25) is 0 Å². The Morgan fingerprint density at radius 2 is 2.08 bits per heavy atom. The molecule has 0 aromatic carbocycles. The van der Waals surface area contributed by atoms with Crippen LogP contribution in [0.3, 0.4) is 0 Å². The van der Waals surface area contributed by atoms with Gasteiger partial charge in [-0.05, 0) is 45.8 Å². The average molecular weight is 343 g/mol. The number of amides is 1. The molecule has 25 heavy (non-hydrogen) atoms. The van der Waals surface area contributed by atoms with Gasteiger partial charge in [-0.3, -0.25) is 4.79 Å². The minimum absolute atomic E-state index is 0.0234. The van der Waals surface area contributed by atoms with Crippen molar-refractivity contribution < 1.29 is 4.79 Å². The summed E-state index contributed by atoms with van der Waals surface area (Å²) in [6.07, 6.45) is 4.10. The van der Waals surface area contributed by atoms with Crippen LogP contribution in [0.4, 0.5) is 0 Å². The van der Waals surface area contributed by atoms with Gasteiger partial charge in [-0.25, -0.2) is 9.67 Å². The molecule has 0 atom stereocenters. The third-order valence-corrected chi connectivity index (χ3v) is 4.92. The maximum absolute atomic E-state index is 12.8. The van der Waals surface area contributed by atoms with Crippen molar-refractivity contribution in [2.45, 2.75) is 52.5 Å². The summed E-state index contributed by atoms with van der Waals surface area (Å²) in [6, 6.07) is 2.19. The van der Waals surface area contributed by atoms with Gasteiger partial charge in [0, 0.05) is 30.7 Å². The highest BCUT2D eigenvalue weighted by molar-refractivity contribution is 6.05. The molecule has 1 aliphatic rings. The molecule has 0 saturated heterocycles. The lowest BCUT2D eigenvalue weighted by Crippen LogP contribution is -2.34. The smallest absolute Gasteiger partial charge is 0.252 e. The van der Waals surface area contributed by atoms with Gasteiger partial charge < -0.3 is 10.2 Å². The Morgan fingerprint density at radius 1 is 1.36 bits per heavy atom. The molecule has 6 nitrogen and oxygen atoms in total. The van der Waals surface area contributed by atoms with E-state index in [1.807, 2.05) is 10.7 Å². The molecule has 136 valence electrons. The monoisotopic (exact) mass is 343 g/mol. The molecule has 0 aliphatic heterocycles. The van der Waals surface area contributed by atoms with Crippen LogP contribution in [0.15, 0.2) is 12.3 Å². The number of hydrogen-bond acceptors (Lipinski definition) is 4. The lowest BCUT2D eigenvalue weighted by Gasteiger charge is -2.18. The number of nitrogens with one attached hydrogen (secondary N) is 1. The number of hydrogen-bond donors (Lipinski definition) is 1. The topological polar surface area (TPSA) is 63.1 Å². The fourth-order valence-electron chi connectivity index (χ4n) is 3.15. The highest BCUT2D eigenvalue weighted by Crippen LogP contribution is 2.40. The van der Waals surface area contributed by atoms with Crippen molar-refractivity contribution in [3.63, 3.8) is 0 Å². The summed E-state index contributed by atoms with van der Waals surface area (Å²) in [6.45, 7) is 12.0. The summed E-state index contributed by atoms with van der Waals surface area (Å²) < 4.78 is 1.91. The second kappa shape index (κ2) is 7.52. The van der Waals surface area contributed by atoms with Crippen molar-refractivity contribution >= 4 is 16.9 Å². The molecule has 1 amide bonds. The summed E-state index contributed by atoms with van der Waals surface area (Å²) in [7, 11) is 0. The Hall–Kier alpha value is -1.95. The Bertz CT molecular complexity index is 744. The molecule has 0 unspecified atom stereocenters. The Kier molecular flexibility index (Phi) is 5.37. The number of rotatable bonds is 8. The molecular weight excluding hydrogens is 314 g/mol. The van der Waals surface area contributed by atoms with Crippen molar-refractivity contribution in [2.75, 3.05) is 26.2 Å². The van der Waals surface area contributed by atoms with Gasteiger partial charge in [0.1, 0.15) is 0 Å². The highest BCUT2D eigenvalue weighted by atomic mass is 16.1. The van der Waals surface area contributed by atoms with Gasteiger partial charge in [0.2, 0.25) is 0 Å². The summed E-state index contributed by atoms with van der Waals surface area (Å²) >= 11 is 0. The second-order valence-electron chi connectivity index (χ2n) is 7.07. The maximum atomic E-state index is 12.8. The molecule has 1 aliphatic carbocycles. The molecule has 3 rings (SSSR count). The van der Waals surface area contributed by atoms with Gasteiger partial charge in [0.15, 0.2) is 5.65 Å². The van der Waals surface area contributed by atoms with E-state index < -0.39 is 0 Å². The number of carbonyl (C=O) groups excluding carboxylic acids is 1. The van der Waals surface area contributed by atoms with Crippen LogP contribution in [-0.4, -0.2) is 51.8 Å². The number of carbonyl (C=O) groups is 1. The second-order valence-corrected chi connectivity index (χ2v) is 7.07. The van der Waals surface area contributed by atoms with Crippen molar-refractivity contribution in [3.05, 3.63) is 23.5 Å². The number of likely N-dealkylation sites (N-methyl/N-ethyl adjacent to an activating group) is 1. The van der Waals surface area contributed by atoms with Crippen molar-refractivity contribution in [2.24, 2.45) is 0 Å². The van der Waals surface area contributed by atoms with Gasteiger partial charge in [-0.2, -0.15) is 5.10 Å². The first-order valence-corrected chi connectivity index (χ1v) is 9.43. The zero-order valence-electron chi connectivity index (χ0n) is 15.7. The van der Waals surface area contributed by atoms with E-state index in [9.17, 15) is 4.79 Å². The standard InChI is InChI=1S/C19H29N5O/c1-5-23(6-2)10-9-20-19(25)15-11-17(14-7-8-14)22-18-16(15)12-21-24(18)13(3)4/h11-14H,5-10H2,1-4H3,(H,20,25). The van der Waals surface area contributed by atoms with Crippen LogP contribution in [-0.2, 0) is 0 Å². The minimum atomic E-state index is -0.0234. The van der Waals surface area contributed by atoms with E-state index in [2.05, 4.69) is 43.0 Å². The Balaban J connectivity index is 1.85. The first kappa shape index (κ1) is 17.9. The average Bonchev–Trinajstić information content (AvgIpc) is 3.36. The zero-order valence-corrected chi connectivity index (χ0v) is 15.7. The molecule has 0 spiro atoms. The zero-order chi connectivity index (χ0) is 18.0. The van der Waals surface area contributed by atoms with Gasteiger partial charge in [-0.15, -0.1) is 0 Å². The van der Waals surface area contributed by atoms with E-state index in [0.29, 0.717) is 18.0 Å². The van der Waals surface area contributed by atoms with Crippen molar-refractivity contribution in [1.29, 1.82) is 0 Å². The van der Waals surface area contributed by atoms with Gasteiger partial charge in [-0.1, -0.05) is 13.8 Å². The molecule has 2 aromatic rings. The molecule has 1 saturated carbocycles. The molecule has 0 bridgehead atoms. The summed E-state index contributed by atoms with van der Waals surface area (Å²) in [4.78, 5) is 19.9. The van der Waals surface area contributed by atoms with Crippen LogP contribution in [0.25, 0.3) is 11.0 Å². The molecule has 2 aromatic heterocycles. The SMILES string of the molecule is CCN(CC)CCNC(=O)c1cc(C2CC2)nc2c1cnn2C(C)C. The lowest BCUT2D eigenvalue weighted by molar-refractivity contribution is 0.0950. The third-order valence-electron chi connectivity index (χ3n) is 4.92. The van der Waals surface area contributed by atoms with Crippen LogP contribution in [0.1, 0.15) is 68.5 Å². The predicted octanol–water partition coefficient (Wildman–Crippen LogP) is 2.96.